The number of nitrogens with zero attached hydrogens (tertiary/aromatic N) is 1. The number of imidazole rings is 1. The molecule has 4 rings (SSSR count). The monoisotopic (exact) mass is 811 g/mol. The van der Waals surface area contributed by atoms with Crippen molar-refractivity contribution in [2.24, 2.45) is 11.5 Å². The molecular weight excluding hydrogens is 755 g/mol. The number of aromatic amines is 1. The van der Waals surface area contributed by atoms with Crippen molar-refractivity contribution in [3.05, 3.63) is 102 Å². The van der Waals surface area contributed by atoms with Gasteiger partial charge in [0.05, 0.1) is 24.5 Å². The lowest BCUT2D eigenvalue weighted by atomic mass is 9.98. The van der Waals surface area contributed by atoms with Gasteiger partial charge in [-0.1, -0.05) is 99.5 Å². The highest BCUT2D eigenvalue weighted by atomic mass is 16.5. The van der Waals surface area contributed by atoms with Crippen LogP contribution in [0.3, 0.4) is 0 Å². The molecule has 0 bridgehead atoms. The molecule has 0 fully saturated rings. The quantitative estimate of drug-likeness (QED) is 0.0542. The summed E-state index contributed by atoms with van der Waals surface area (Å²) in [6.45, 7) is 6.99. The zero-order valence-electron chi connectivity index (χ0n) is 34.1. The molecule has 0 saturated carbocycles. The molecule has 0 aliphatic carbocycles. The summed E-state index contributed by atoms with van der Waals surface area (Å²) in [5, 5.41) is 15.6. The molecule has 3 aromatic carbocycles. The van der Waals surface area contributed by atoms with Crippen LogP contribution in [-0.2, 0) is 48.0 Å². The van der Waals surface area contributed by atoms with Crippen molar-refractivity contribution in [1.29, 1.82) is 0 Å². The molecule has 59 heavy (non-hydrogen) atoms. The van der Waals surface area contributed by atoms with Gasteiger partial charge in [-0.25, -0.2) is 9.78 Å². The van der Waals surface area contributed by atoms with E-state index in [0.717, 1.165) is 17.2 Å². The van der Waals surface area contributed by atoms with Crippen LogP contribution in [0.2, 0.25) is 0 Å². The van der Waals surface area contributed by atoms with Crippen molar-refractivity contribution in [3.8, 4) is 0 Å². The van der Waals surface area contributed by atoms with Crippen LogP contribution in [0.15, 0.2) is 85.3 Å². The van der Waals surface area contributed by atoms with E-state index in [-0.39, 0.29) is 32.3 Å². The topological polar surface area (TPSA) is 253 Å². The van der Waals surface area contributed by atoms with E-state index in [1.54, 1.807) is 30.3 Å². The van der Waals surface area contributed by atoms with E-state index in [9.17, 15) is 28.8 Å². The Morgan fingerprint density at radius 2 is 1.34 bits per heavy atom. The van der Waals surface area contributed by atoms with E-state index in [2.05, 4.69) is 36.6 Å². The van der Waals surface area contributed by atoms with Crippen molar-refractivity contribution < 1.29 is 33.5 Å². The molecule has 16 heteroatoms. The lowest BCUT2D eigenvalue weighted by molar-refractivity contribution is -0.135. The van der Waals surface area contributed by atoms with Gasteiger partial charge >= 0.3 is 6.09 Å². The molecule has 0 spiro atoms. The van der Waals surface area contributed by atoms with Gasteiger partial charge < -0.3 is 47.8 Å². The number of hydrogen-bond acceptors (Lipinski definition) is 9. The Morgan fingerprint density at radius 3 is 1.93 bits per heavy atom. The molecule has 316 valence electrons. The summed E-state index contributed by atoms with van der Waals surface area (Å²) < 4.78 is 5.25. The highest BCUT2D eigenvalue weighted by molar-refractivity contribution is 5.97. The minimum atomic E-state index is -1.36. The van der Waals surface area contributed by atoms with Crippen LogP contribution < -0.4 is 38.1 Å². The lowest BCUT2D eigenvalue weighted by Crippen LogP contribution is -2.62. The third-order valence-electron chi connectivity index (χ3n) is 9.63. The Labute approximate surface area is 344 Å². The zero-order valence-corrected chi connectivity index (χ0v) is 34.1. The fourth-order valence-corrected chi connectivity index (χ4v) is 6.34. The van der Waals surface area contributed by atoms with Crippen LogP contribution in [0.4, 0.5) is 4.79 Å². The number of aromatic nitrogens is 2. The molecule has 0 saturated heterocycles. The number of alkyl carbamates (subject to hydrolysis) is 1. The fraction of sp³-hybridized carbons (Fsp3) is 0.419. The Kier molecular flexibility index (Phi) is 16.9. The van der Waals surface area contributed by atoms with Crippen LogP contribution in [0.25, 0.3) is 10.8 Å². The van der Waals surface area contributed by atoms with Crippen molar-refractivity contribution in [2.75, 3.05) is 6.61 Å². The normalized spacial score (nSPS) is 13.8. The second-order valence-corrected chi connectivity index (χ2v) is 15.1. The number of amides is 6. The van der Waals surface area contributed by atoms with E-state index >= 15 is 0 Å². The minimum absolute atomic E-state index is 0.00172. The van der Waals surface area contributed by atoms with E-state index in [0.29, 0.717) is 29.7 Å². The Bertz CT molecular complexity index is 2020. The molecule has 1 aromatic heterocycles. The smallest absolute Gasteiger partial charge is 0.407 e. The maximum Gasteiger partial charge on any atom is 0.407 e. The number of benzene rings is 3. The van der Waals surface area contributed by atoms with Crippen LogP contribution in [0.5, 0.6) is 0 Å². The molecule has 0 radical (unpaired) electrons. The zero-order chi connectivity index (χ0) is 43.0. The molecule has 0 aliphatic heterocycles. The number of nitrogens with two attached hydrogens (primary N) is 2. The number of primary amides is 1. The molecule has 16 nitrogen and oxygen atoms in total. The van der Waals surface area contributed by atoms with Gasteiger partial charge in [-0.3, -0.25) is 24.0 Å². The number of nitrogens with one attached hydrogen (secondary N) is 6. The highest BCUT2D eigenvalue weighted by Crippen LogP contribution is 2.18. The van der Waals surface area contributed by atoms with Crippen molar-refractivity contribution in [1.82, 2.24) is 36.6 Å². The SMILES string of the molecule is CCCCOC(=O)NC(CCC)C(NC(=O)[C@@H](Cc1ccccc1)NC(=O)[C@H](Cc1ccc2ccccc2c1)NC(=O)[C@H](Cc1cnc[nH]1)NC(=O)C(C)(C)N)C(N)=O. The summed E-state index contributed by atoms with van der Waals surface area (Å²) in [5.41, 5.74) is 12.5. The number of carbonyl (C=O) groups is 6. The molecule has 0 aliphatic rings. The Morgan fingerprint density at radius 1 is 0.729 bits per heavy atom. The van der Waals surface area contributed by atoms with Gasteiger partial charge in [0.2, 0.25) is 29.5 Å². The van der Waals surface area contributed by atoms with Gasteiger partial charge in [0, 0.05) is 31.2 Å². The highest BCUT2D eigenvalue weighted by Gasteiger charge is 2.35. The summed E-state index contributed by atoms with van der Waals surface area (Å²) in [7, 11) is 0. The molecule has 4 aromatic rings. The number of hydrogen-bond donors (Lipinski definition) is 8. The van der Waals surface area contributed by atoms with Gasteiger partial charge in [-0.05, 0) is 48.6 Å². The summed E-state index contributed by atoms with van der Waals surface area (Å²) in [6, 6.07) is 16.3. The number of carbonyl (C=O) groups excluding carboxylic acids is 6. The molecule has 2 unspecified atom stereocenters. The van der Waals surface area contributed by atoms with Gasteiger partial charge in [0.25, 0.3) is 0 Å². The summed E-state index contributed by atoms with van der Waals surface area (Å²) >= 11 is 0. The minimum Gasteiger partial charge on any atom is -0.450 e. The van der Waals surface area contributed by atoms with E-state index in [4.69, 9.17) is 16.2 Å². The average molecular weight is 812 g/mol. The lowest BCUT2D eigenvalue weighted by Gasteiger charge is -2.29. The summed E-state index contributed by atoms with van der Waals surface area (Å²) in [4.78, 5) is 88.4. The molecular formula is C43H57N9O7. The maximum atomic E-state index is 14.5. The van der Waals surface area contributed by atoms with Crippen molar-refractivity contribution >= 4 is 46.4 Å². The predicted octanol–water partition coefficient (Wildman–Crippen LogP) is 2.45. The number of ether oxygens (including phenoxy) is 1. The van der Waals surface area contributed by atoms with Crippen LogP contribution in [-0.4, -0.2) is 88.0 Å². The van der Waals surface area contributed by atoms with Gasteiger partial charge in [-0.15, -0.1) is 0 Å². The first-order valence-electron chi connectivity index (χ1n) is 19.9. The number of unbranched alkanes of at least 4 members (excludes halogenated alkanes) is 1. The molecule has 6 amide bonds. The number of fused-ring (bicyclic) bond motifs is 1. The van der Waals surface area contributed by atoms with Crippen molar-refractivity contribution in [2.45, 2.75) is 108 Å². The van der Waals surface area contributed by atoms with Crippen LogP contribution in [0, 0.1) is 0 Å². The fourth-order valence-electron chi connectivity index (χ4n) is 6.34. The average Bonchev–Trinajstić information content (AvgIpc) is 3.72. The van der Waals surface area contributed by atoms with E-state index in [1.165, 1.54) is 26.4 Å². The number of H-pyrrole nitrogens is 1. The molecule has 10 N–H and O–H groups in total. The first kappa shape index (κ1) is 45.4. The second-order valence-electron chi connectivity index (χ2n) is 15.1. The largest absolute Gasteiger partial charge is 0.450 e. The van der Waals surface area contributed by atoms with Crippen molar-refractivity contribution in [3.63, 3.8) is 0 Å². The first-order chi connectivity index (χ1) is 28.2. The predicted molar refractivity (Wildman–Crippen MR) is 223 cm³/mol. The Balaban J connectivity index is 1.66. The summed E-state index contributed by atoms with van der Waals surface area (Å²) in [5.74, 6) is -3.65. The summed E-state index contributed by atoms with van der Waals surface area (Å²) in [6.07, 6.45) is 4.47. The standard InChI is InChI=1S/C43H57N9O7/c1-5-7-20-59-42(58)51-32(13-6-2)36(37(44)53)52-40(56)33(22-27-14-9-8-10-15-27)48-38(54)34(23-28-18-19-29-16-11-12-17-30(29)21-28)49-39(55)35(24-31-25-46-26-47-31)50-41(57)43(3,4)45/h8-12,14-19,21,25-26,32-36H,5-7,13,20,22-24,45H2,1-4H3,(H2,44,53)(H,46,47)(H,48,54)(H,49,55)(H,50,57)(H,51,58)(H,52,56)/t32?,33-,34+,35+,36?/m1/s1. The van der Waals surface area contributed by atoms with E-state index in [1.807, 2.05) is 56.3 Å². The third kappa shape index (κ3) is 14.2. The molecule has 5 atom stereocenters. The first-order valence-corrected chi connectivity index (χ1v) is 19.9. The number of rotatable bonds is 22. The molecule has 1 heterocycles. The third-order valence-corrected chi connectivity index (χ3v) is 9.63. The van der Waals surface area contributed by atoms with Gasteiger partial charge in [0.1, 0.15) is 24.2 Å². The Hall–Kier alpha value is -6.29. The maximum absolute atomic E-state index is 14.5. The second kappa shape index (κ2) is 22.0. The van der Waals surface area contributed by atoms with E-state index < -0.39 is 71.4 Å². The van der Waals surface area contributed by atoms with Crippen LogP contribution >= 0.6 is 0 Å². The van der Waals surface area contributed by atoms with Gasteiger partial charge in [0.15, 0.2) is 0 Å². The van der Waals surface area contributed by atoms with Gasteiger partial charge in [-0.2, -0.15) is 0 Å². The van der Waals surface area contributed by atoms with Crippen LogP contribution in [0.1, 0.15) is 70.2 Å².